The zero-order valence-corrected chi connectivity index (χ0v) is 10.2. The van der Waals surface area contributed by atoms with Crippen LogP contribution < -0.4 is 5.32 Å². The maximum Gasteiger partial charge on any atom is 0.141 e. The van der Waals surface area contributed by atoms with Gasteiger partial charge < -0.3 is 10.4 Å². The molecule has 0 aliphatic carbocycles. The van der Waals surface area contributed by atoms with Crippen molar-refractivity contribution in [3.8, 4) is 0 Å². The molecule has 0 radical (unpaired) electrons. The van der Waals surface area contributed by atoms with E-state index in [1.165, 1.54) is 12.1 Å². The molecule has 2 aromatic rings. The number of anilines is 1. The Morgan fingerprint density at radius 3 is 2.67 bits per heavy atom. The number of halogens is 2. The maximum absolute atomic E-state index is 12.9. The van der Waals surface area contributed by atoms with Crippen molar-refractivity contribution >= 4 is 17.3 Å². The summed E-state index contributed by atoms with van der Waals surface area (Å²) in [7, 11) is 0. The molecule has 3 nitrogen and oxygen atoms in total. The van der Waals surface area contributed by atoms with Crippen LogP contribution >= 0.6 is 11.6 Å². The van der Waals surface area contributed by atoms with E-state index in [0.29, 0.717) is 12.2 Å². The van der Waals surface area contributed by atoms with Crippen molar-refractivity contribution in [3.63, 3.8) is 0 Å². The lowest BCUT2D eigenvalue weighted by molar-refractivity contribution is 0.191. The summed E-state index contributed by atoms with van der Waals surface area (Å²) in [5.41, 5.74) is 1.43. The number of aliphatic hydroxyl groups excluding tert-OH is 1. The molecule has 0 saturated heterocycles. The molecule has 1 atom stereocenters. The Labute approximate surface area is 109 Å². The van der Waals surface area contributed by atoms with Gasteiger partial charge in [0, 0.05) is 24.6 Å². The van der Waals surface area contributed by atoms with Crippen molar-refractivity contribution in [2.75, 3.05) is 11.9 Å². The topological polar surface area (TPSA) is 45.1 Å². The average molecular weight is 267 g/mol. The molecule has 0 bridgehead atoms. The quantitative estimate of drug-likeness (QED) is 0.894. The van der Waals surface area contributed by atoms with Gasteiger partial charge in [0.2, 0.25) is 0 Å². The standard InChI is InChI=1S/C13H12ClFN2O/c14-11-7-10(1-2-12(11)15)17-8-13(18)9-3-5-16-6-4-9/h1-7,13,17-18H,8H2. The minimum absolute atomic E-state index is 0.0541. The lowest BCUT2D eigenvalue weighted by Gasteiger charge is -2.13. The van der Waals surface area contributed by atoms with Gasteiger partial charge in [0.05, 0.1) is 11.1 Å². The highest BCUT2D eigenvalue weighted by Gasteiger charge is 2.07. The van der Waals surface area contributed by atoms with E-state index >= 15 is 0 Å². The van der Waals surface area contributed by atoms with Crippen molar-refractivity contribution < 1.29 is 9.50 Å². The molecule has 1 aromatic carbocycles. The summed E-state index contributed by atoms with van der Waals surface area (Å²) >= 11 is 5.66. The van der Waals surface area contributed by atoms with Crippen LogP contribution in [0.1, 0.15) is 11.7 Å². The van der Waals surface area contributed by atoms with E-state index in [2.05, 4.69) is 10.3 Å². The SMILES string of the molecule is OC(CNc1ccc(F)c(Cl)c1)c1ccncc1. The normalized spacial score (nSPS) is 12.2. The van der Waals surface area contributed by atoms with E-state index in [9.17, 15) is 9.50 Å². The van der Waals surface area contributed by atoms with Crippen LogP contribution in [0.15, 0.2) is 42.7 Å². The fourth-order valence-electron chi connectivity index (χ4n) is 1.52. The van der Waals surface area contributed by atoms with Crippen LogP contribution in [-0.2, 0) is 0 Å². The fraction of sp³-hybridized carbons (Fsp3) is 0.154. The number of nitrogens with one attached hydrogen (secondary N) is 1. The Kier molecular flexibility index (Phi) is 4.12. The Bertz CT molecular complexity index is 522. The van der Waals surface area contributed by atoms with E-state index in [0.717, 1.165) is 5.56 Å². The predicted molar refractivity (Wildman–Crippen MR) is 69.1 cm³/mol. The highest BCUT2D eigenvalue weighted by Crippen LogP contribution is 2.20. The zero-order valence-electron chi connectivity index (χ0n) is 9.48. The van der Waals surface area contributed by atoms with Crippen LogP contribution in [-0.4, -0.2) is 16.6 Å². The molecule has 0 saturated carbocycles. The lowest BCUT2D eigenvalue weighted by Crippen LogP contribution is -2.12. The molecule has 94 valence electrons. The molecule has 0 spiro atoms. The number of nitrogens with zero attached hydrogens (tertiary/aromatic N) is 1. The van der Waals surface area contributed by atoms with Crippen LogP contribution in [0.2, 0.25) is 5.02 Å². The monoisotopic (exact) mass is 266 g/mol. The number of aliphatic hydroxyl groups is 1. The highest BCUT2D eigenvalue weighted by atomic mass is 35.5. The third-order valence-electron chi connectivity index (χ3n) is 2.51. The molecular formula is C13H12ClFN2O. The molecule has 1 unspecified atom stereocenters. The molecule has 5 heteroatoms. The van der Waals surface area contributed by atoms with Gasteiger partial charge in [0.25, 0.3) is 0 Å². The van der Waals surface area contributed by atoms with E-state index in [-0.39, 0.29) is 5.02 Å². The predicted octanol–water partition coefficient (Wildman–Crippen LogP) is 3.02. The van der Waals surface area contributed by atoms with Gasteiger partial charge in [-0.2, -0.15) is 0 Å². The summed E-state index contributed by atoms with van der Waals surface area (Å²) in [5, 5.41) is 13.0. The molecular weight excluding hydrogens is 255 g/mol. The summed E-state index contributed by atoms with van der Waals surface area (Å²) in [6, 6.07) is 7.81. The first-order valence-corrected chi connectivity index (χ1v) is 5.81. The first-order valence-electron chi connectivity index (χ1n) is 5.44. The van der Waals surface area contributed by atoms with Crippen molar-refractivity contribution in [1.82, 2.24) is 4.98 Å². The molecule has 0 aliphatic heterocycles. The number of hydrogen-bond donors (Lipinski definition) is 2. The highest BCUT2D eigenvalue weighted by molar-refractivity contribution is 6.31. The van der Waals surface area contributed by atoms with Gasteiger partial charge in [-0.25, -0.2) is 4.39 Å². The van der Waals surface area contributed by atoms with Crippen LogP contribution in [0, 0.1) is 5.82 Å². The first kappa shape index (κ1) is 12.8. The maximum atomic E-state index is 12.9. The Balaban J connectivity index is 1.97. The van der Waals surface area contributed by atoms with Gasteiger partial charge in [-0.05, 0) is 35.9 Å². The number of pyridine rings is 1. The van der Waals surface area contributed by atoms with Gasteiger partial charge in [-0.15, -0.1) is 0 Å². The number of rotatable bonds is 4. The fourth-order valence-corrected chi connectivity index (χ4v) is 1.70. The first-order chi connectivity index (χ1) is 8.66. The molecule has 2 N–H and O–H groups in total. The average Bonchev–Trinajstić information content (AvgIpc) is 2.41. The largest absolute Gasteiger partial charge is 0.387 e. The van der Waals surface area contributed by atoms with Crippen LogP contribution in [0.4, 0.5) is 10.1 Å². The van der Waals surface area contributed by atoms with E-state index in [4.69, 9.17) is 11.6 Å². The summed E-state index contributed by atoms with van der Waals surface area (Å²) in [6.07, 6.45) is 2.58. The number of hydrogen-bond acceptors (Lipinski definition) is 3. The van der Waals surface area contributed by atoms with E-state index < -0.39 is 11.9 Å². The summed E-state index contributed by atoms with van der Waals surface area (Å²) in [6.45, 7) is 0.311. The Hall–Kier alpha value is -1.65. The molecule has 2 rings (SSSR count). The second-order valence-electron chi connectivity index (χ2n) is 3.81. The lowest BCUT2D eigenvalue weighted by atomic mass is 10.1. The van der Waals surface area contributed by atoms with Crippen LogP contribution in [0.25, 0.3) is 0 Å². The van der Waals surface area contributed by atoms with Crippen molar-refractivity contribution in [1.29, 1.82) is 0 Å². The summed E-state index contributed by atoms with van der Waals surface area (Å²) < 4.78 is 12.9. The summed E-state index contributed by atoms with van der Waals surface area (Å²) in [5.74, 6) is -0.461. The van der Waals surface area contributed by atoms with Gasteiger partial charge in [-0.3, -0.25) is 4.98 Å². The molecule has 1 aromatic heterocycles. The minimum atomic E-state index is -0.656. The zero-order chi connectivity index (χ0) is 13.0. The van der Waals surface area contributed by atoms with Crippen molar-refractivity contribution in [3.05, 3.63) is 59.1 Å². The second kappa shape index (κ2) is 5.80. The summed E-state index contributed by atoms with van der Waals surface area (Å²) in [4.78, 5) is 3.88. The van der Waals surface area contributed by atoms with Crippen LogP contribution in [0.3, 0.4) is 0 Å². The van der Waals surface area contributed by atoms with Gasteiger partial charge in [0.15, 0.2) is 0 Å². The third-order valence-corrected chi connectivity index (χ3v) is 2.80. The molecule has 0 amide bonds. The third kappa shape index (κ3) is 3.18. The van der Waals surface area contributed by atoms with Crippen molar-refractivity contribution in [2.45, 2.75) is 6.10 Å². The van der Waals surface area contributed by atoms with Gasteiger partial charge >= 0.3 is 0 Å². The number of aromatic nitrogens is 1. The Morgan fingerprint density at radius 2 is 2.00 bits per heavy atom. The van der Waals surface area contributed by atoms with Gasteiger partial charge in [0.1, 0.15) is 5.82 Å². The van der Waals surface area contributed by atoms with Crippen LogP contribution in [0.5, 0.6) is 0 Å². The van der Waals surface area contributed by atoms with Crippen molar-refractivity contribution in [2.24, 2.45) is 0 Å². The van der Waals surface area contributed by atoms with E-state index in [1.54, 1.807) is 30.6 Å². The van der Waals surface area contributed by atoms with Gasteiger partial charge in [-0.1, -0.05) is 11.6 Å². The minimum Gasteiger partial charge on any atom is -0.387 e. The molecule has 18 heavy (non-hydrogen) atoms. The smallest absolute Gasteiger partial charge is 0.141 e. The molecule has 0 fully saturated rings. The second-order valence-corrected chi connectivity index (χ2v) is 4.21. The number of benzene rings is 1. The molecule has 1 heterocycles. The molecule has 0 aliphatic rings. The van der Waals surface area contributed by atoms with E-state index in [1.807, 2.05) is 0 Å². The Morgan fingerprint density at radius 1 is 1.28 bits per heavy atom.